The van der Waals surface area contributed by atoms with Crippen LogP contribution >= 0.6 is 11.6 Å². The zero-order valence-electron chi connectivity index (χ0n) is 23.4. The number of benzene rings is 3. The highest BCUT2D eigenvalue weighted by Gasteiger charge is 2.36. The Morgan fingerprint density at radius 3 is 2.49 bits per heavy atom. The minimum absolute atomic E-state index is 0.0642. The number of amides is 2. The summed E-state index contributed by atoms with van der Waals surface area (Å²) in [6.45, 7) is 7.35. The molecule has 0 N–H and O–H groups in total. The maximum absolute atomic E-state index is 14.7. The predicted molar refractivity (Wildman–Crippen MR) is 158 cm³/mol. The maximum Gasteiger partial charge on any atom is 0.262 e. The third-order valence-electron chi connectivity index (χ3n) is 7.78. The zero-order valence-corrected chi connectivity index (χ0v) is 24.1. The van der Waals surface area contributed by atoms with Crippen LogP contribution in [0, 0.1) is 19.7 Å². The Morgan fingerprint density at radius 1 is 1.02 bits per heavy atom. The van der Waals surface area contributed by atoms with E-state index >= 15 is 0 Å². The molecular formula is C32H34ClFN4O3. The summed E-state index contributed by atoms with van der Waals surface area (Å²) in [5.74, 6) is -1.51. The SMILES string of the molecule is Cc1ccc(C2=NN(C(=O)CN(CCN3CCOCC3)C(=O)c3ccccc3F)C(c3ccccc3Cl)C2)cc1C. The number of hydrazone groups is 1. The highest BCUT2D eigenvalue weighted by molar-refractivity contribution is 6.31. The molecule has 1 unspecified atom stereocenters. The van der Waals surface area contributed by atoms with Crippen LogP contribution < -0.4 is 0 Å². The van der Waals surface area contributed by atoms with Gasteiger partial charge in [-0.2, -0.15) is 5.10 Å². The van der Waals surface area contributed by atoms with Gasteiger partial charge in [-0.25, -0.2) is 9.40 Å². The number of hydrogen-bond acceptors (Lipinski definition) is 5. The molecule has 1 fully saturated rings. The topological polar surface area (TPSA) is 65.5 Å². The highest BCUT2D eigenvalue weighted by Crippen LogP contribution is 2.36. The van der Waals surface area contributed by atoms with Crippen LogP contribution in [0.1, 0.15) is 45.1 Å². The lowest BCUT2D eigenvalue weighted by Crippen LogP contribution is -2.46. The van der Waals surface area contributed by atoms with Gasteiger partial charge >= 0.3 is 0 Å². The van der Waals surface area contributed by atoms with E-state index in [0.29, 0.717) is 31.2 Å². The summed E-state index contributed by atoms with van der Waals surface area (Å²) in [5.41, 5.74) is 4.73. The van der Waals surface area contributed by atoms with Gasteiger partial charge in [0.2, 0.25) is 0 Å². The van der Waals surface area contributed by atoms with Gasteiger partial charge in [0, 0.05) is 37.6 Å². The van der Waals surface area contributed by atoms with Gasteiger partial charge in [-0.15, -0.1) is 0 Å². The number of carbonyl (C=O) groups is 2. The number of hydrogen-bond donors (Lipinski definition) is 0. The lowest BCUT2D eigenvalue weighted by Gasteiger charge is -2.31. The van der Waals surface area contributed by atoms with Crippen LogP contribution in [0.5, 0.6) is 0 Å². The molecule has 0 radical (unpaired) electrons. The standard InChI is InChI=1S/C32H34ClFN4O3/c1-22-11-12-24(19-23(22)2)29-20-30(25-7-3-5-9-27(25)33)38(35-29)31(39)21-37(14-13-36-15-17-41-18-16-36)32(40)26-8-4-6-10-28(26)34/h3-12,19,30H,13-18,20-21H2,1-2H3. The number of halogens is 2. The molecule has 214 valence electrons. The van der Waals surface area contributed by atoms with Gasteiger partial charge in [0.15, 0.2) is 0 Å². The molecule has 2 amide bonds. The van der Waals surface area contributed by atoms with E-state index in [4.69, 9.17) is 21.4 Å². The number of nitrogens with zero attached hydrogens (tertiary/aromatic N) is 4. The van der Waals surface area contributed by atoms with E-state index in [1.165, 1.54) is 33.7 Å². The second-order valence-corrected chi connectivity index (χ2v) is 10.9. The van der Waals surface area contributed by atoms with E-state index in [2.05, 4.69) is 17.9 Å². The van der Waals surface area contributed by atoms with Crippen LogP contribution in [0.25, 0.3) is 0 Å². The first-order valence-electron chi connectivity index (χ1n) is 13.9. The van der Waals surface area contributed by atoms with Crippen molar-refractivity contribution in [2.24, 2.45) is 5.10 Å². The fourth-order valence-electron chi connectivity index (χ4n) is 5.20. The summed E-state index contributed by atoms with van der Waals surface area (Å²) in [5, 5.41) is 6.77. The summed E-state index contributed by atoms with van der Waals surface area (Å²) < 4.78 is 20.1. The molecule has 0 aliphatic carbocycles. The Bertz CT molecular complexity index is 1460. The molecule has 3 aromatic carbocycles. The zero-order chi connectivity index (χ0) is 28.9. The van der Waals surface area contributed by atoms with Crippen molar-refractivity contribution in [1.29, 1.82) is 0 Å². The smallest absolute Gasteiger partial charge is 0.262 e. The largest absolute Gasteiger partial charge is 0.379 e. The molecule has 7 nitrogen and oxygen atoms in total. The van der Waals surface area contributed by atoms with Crippen molar-refractivity contribution < 1.29 is 18.7 Å². The molecule has 2 aliphatic rings. The first-order chi connectivity index (χ1) is 19.8. The Labute approximate surface area is 245 Å². The van der Waals surface area contributed by atoms with Gasteiger partial charge in [-0.1, -0.05) is 54.1 Å². The van der Waals surface area contributed by atoms with Crippen LogP contribution in [0.3, 0.4) is 0 Å². The quantitative estimate of drug-likeness (QED) is 0.367. The average Bonchev–Trinajstić information content (AvgIpc) is 3.43. The number of carbonyl (C=O) groups excluding carboxylic acids is 2. The van der Waals surface area contributed by atoms with E-state index in [1.807, 2.05) is 37.3 Å². The van der Waals surface area contributed by atoms with Crippen molar-refractivity contribution in [2.45, 2.75) is 26.3 Å². The molecule has 2 aliphatic heterocycles. The van der Waals surface area contributed by atoms with Crippen molar-refractivity contribution in [3.05, 3.63) is 105 Å². The molecule has 0 aromatic heterocycles. The molecule has 3 aromatic rings. The van der Waals surface area contributed by atoms with Crippen LogP contribution in [0.4, 0.5) is 4.39 Å². The van der Waals surface area contributed by atoms with Crippen LogP contribution in [-0.4, -0.2) is 78.3 Å². The van der Waals surface area contributed by atoms with Crippen LogP contribution in [0.15, 0.2) is 71.8 Å². The van der Waals surface area contributed by atoms with Crippen molar-refractivity contribution in [1.82, 2.24) is 14.8 Å². The van der Waals surface area contributed by atoms with E-state index in [-0.39, 0.29) is 24.6 Å². The molecule has 0 bridgehead atoms. The monoisotopic (exact) mass is 576 g/mol. The van der Waals surface area contributed by atoms with Crippen molar-refractivity contribution in [2.75, 3.05) is 45.9 Å². The van der Waals surface area contributed by atoms with Gasteiger partial charge in [0.25, 0.3) is 11.8 Å². The van der Waals surface area contributed by atoms with Crippen LogP contribution in [0.2, 0.25) is 5.02 Å². The average molecular weight is 577 g/mol. The molecule has 0 spiro atoms. The van der Waals surface area contributed by atoms with Crippen LogP contribution in [-0.2, 0) is 9.53 Å². The minimum atomic E-state index is -0.619. The van der Waals surface area contributed by atoms with Gasteiger partial charge in [-0.05, 0) is 60.4 Å². The molecule has 0 saturated carbocycles. The summed E-state index contributed by atoms with van der Waals surface area (Å²) >= 11 is 6.59. The highest BCUT2D eigenvalue weighted by atomic mass is 35.5. The minimum Gasteiger partial charge on any atom is -0.379 e. The molecule has 9 heteroatoms. The fourth-order valence-corrected chi connectivity index (χ4v) is 5.47. The molecular weight excluding hydrogens is 543 g/mol. The molecule has 5 rings (SSSR count). The van der Waals surface area contributed by atoms with Crippen molar-refractivity contribution in [3.63, 3.8) is 0 Å². The molecule has 1 saturated heterocycles. The first kappa shape index (κ1) is 28.9. The lowest BCUT2D eigenvalue weighted by molar-refractivity contribution is -0.133. The molecule has 2 heterocycles. The van der Waals surface area contributed by atoms with Gasteiger partial charge < -0.3 is 9.64 Å². The van der Waals surface area contributed by atoms with E-state index in [0.717, 1.165) is 35.5 Å². The Kier molecular flexibility index (Phi) is 9.12. The Balaban J connectivity index is 1.44. The fraction of sp³-hybridized carbons (Fsp3) is 0.344. The summed E-state index contributed by atoms with van der Waals surface area (Å²) in [4.78, 5) is 31.1. The Morgan fingerprint density at radius 2 is 1.76 bits per heavy atom. The van der Waals surface area contributed by atoms with Crippen molar-refractivity contribution >= 4 is 29.1 Å². The predicted octanol–water partition coefficient (Wildman–Crippen LogP) is 5.25. The summed E-state index contributed by atoms with van der Waals surface area (Å²) in [7, 11) is 0. The first-order valence-corrected chi connectivity index (χ1v) is 14.2. The normalized spacial score (nSPS) is 17.4. The van der Waals surface area contributed by atoms with Gasteiger partial charge in [-0.3, -0.25) is 14.5 Å². The number of ether oxygens (including phenoxy) is 1. The maximum atomic E-state index is 14.7. The molecule has 1 atom stereocenters. The van der Waals surface area contributed by atoms with E-state index in [9.17, 15) is 14.0 Å². The molecule has 41 heavy (non-hydrogen) atoms. The van der Waals surface area contributed by atoms with Crippen molar-refractivity contribution in [3.8, 4) is 0 Å². The lowest BCUT2D eigenvalue weighted by atomic mass is 9.96. The summed E-state index contributed by atoms with van der Waals surface area (Å²) in [6, 6.07) is 19.0. The second kappa shape index (κ2) is 12.9. The van der Waals surface area contributed by atoms with Gasteiger partial charge in [0.05, 0.1) is 30.5 Å². The third-order valence-corrected chi connectivity index (χ3v) is 8.12. The number of morpholine rings is 1. The second-order valence-electron chi connectivity index (χ2n) is 10.5. The number of aryl methyl sites for hydroxylation is 2. The summed E-state index contributed by atoms with van der Waals surface area (Å²) in [6.07, 6.45) is 0.479. The van der Waals surface area contributed by atoms with E-state index in [1.54, 1.807) is 12.1 Å². The third kappa shape index (κ3) is 6.67. The Hall–Kier alpha value is -3.59. The van der Waals surface area contributed by atoms with E-state index < -0.39 is 17.8 Å². The number of rotatable bonds is 8. The van der Waals surface area contributed by atoms with Gasteiger partial charge in [0.1, 0.15) is 12.4 Å².